The summed E-state index contributed by atoms with van der Waals surface area (Å²) in [6.45, 7) is 17.1. The fraction of sp³-hybridized carbons (Fsp3) is 1.00. The van der Waals surface area contributed by atoms with Crippen LogP contribution in [0, 0.1) is 11.3 Å². The highest BCUT2D eigenvalue weighted by Gasteiger charge is 2.42. The van der Waals surface area contributed by atoms with Crippen LogP contribution in [-0.2, 0) is 0 Å². The van der Waals surface area contributed by atoms with Crippen molar-refractivity contribution in [2.24, 2.45) is 11.3 Å². The summed E-state index contributed by atoms with van der Waals surface area (Å²) in [5, 5.41) is 1.49. The Morgan fingerprint density at radius 2 is 1.19 bits per heavy atom. The van der Waals surface area contributed by atoms with Gasteiger partial charge in [0.05, 0.1) is 0 Å². The van der Waals surface area contributed by atoms with Gasteiger partial charge in [0.25, 0.3) is 0 Å². The van der Waals surface area contributed by atoms with E-state index in [1.165, 1.54) is 63.1 Å². The third-order valence-corrected chi connectivity index (χ3v) is 8.75. The second-order valence-corrected chi connectivity index (χ2v) is 10.2. The quantitative estimate of drug-likeness (QED) is 0.309. The molecule has 0 saturated carbocycles. The van der Waals surface area contributed by atoms with Gasteiger partial charge in [-0.2, -0.15) is 0 Å². The first-order valence-corrected chi connectivity index (χ1v) is 11.1. The van der Waals surface area contributed by atoms with E-state index < -0.39 is 0 Å². The molecule has 0 aromatic heterocycles. The maximum Gasteiger partial charge on any atom is 0.211 e. The summed E-state index contributed by atoms with van der Waals surface area (Å²) in [7, 11) is 0. The van der Waals surface area contributed by atoms with Gasteiger partial charge in [-0.1, -0.05) is 110 Å². The van der Waals surface area contributed by atoms with Gasteiger partial charge >= 0.3 is 0 Å². The third kappa shape index (κ3) is 7.56. The Morgan fingerprint density at radius 1 is 0.762 bits per heavy atom. The van der Waals surface area contributed by atoms with Crippen molar-refractivity contribution in [2.45, 2.75) is 116 Å². The monoisotopic (exact) mass is 309 g/mol. The van der Waals surface area contributed by atoms with Crippen LogP contribution in [0.5, 0.6) is 0 Å². The second kappa shape index (κ2) is 11.1. The first-order chi connectivity index (χ1) is 9.85. The summed E-state index contributed by atoms with van der Waals surface area (Å²) < 4.78 is 0.665. The van der Waals surface area contributed by atoms with Crippen LogP contribution < -0.4 is 0 Å². The average Bonchev–Trinajstić information content (AvgIpc) is 2.44. The zero-order valence-electron chi connectivity index (χ0n) is 16.2. The Labute approximate surface area is 142 Å². The lowest BCUT2D eigenvalue weighted by Gasteiger charge is -2.49. The molecule has 0 saturated heterocycles. The van der Waals surface area contributed by atoms with Crippen LogP contribution in [0.4, 0.5) is 0 Å². The lowest BCUT2D eigenvalue weighted by molar-refractivity contribution is 0.175. The van der Waals surface area contributed by atoms with E-state index in [1.54, 1.807) is 0 Å². The maximum absolute atomic E-state index is 2.60. The van der Waals surface area contributed by atoms with Crippen molar-refractivity contribution in [3.63, 3.8) is 0 Å². The van der Waals surface area contributed by atoms with Gasteiger partial charge < -0.3 is 0 Å². The van der Waals surface area contributed by atoms with E-state index in [0.29, 0.717) is 24.9 Å². The van der Waals surface area contributed by atoms with Gasteiger partial charge in [-0.15, -0.1) is 5.28 Å². The zero-order valence-corrected chi connectivity index (χ0v) is 17.4. The molecule has 0 amide bonds. The minimum atomic E-state index is 0.539. The molecule has 0 aliphatic heterocycles. The van der Waals surface area contributed by atoms with Crippen LogP contribution in [0.15, 0.2) is 0 Å². The minimum absolute atomic E-state index is 0.539. The molecule has 0 heterocycles. The number of unbranched alkanes of at least 4 members (excludes halogenated alkanes) is 3. The third-order valence-electron chi connectivity index (χ3n) is 5.44. The molecule has 0 aromatic rings. The minimum Gasteiger partial charge on any atom is -0.101 e. The first kappa shape index (κ1) is 21.5. The molecule has 0 atom stereocenters. The van der Waals surface area contributed by atoms with Gasteiger partial charge in [-0.05, 0) is 11.8 Å². The van der Waals surface area contributed by atoms with Crippen LogP contribution in [0.2, 0.25) is 9.56 Å². The summed E-state index contributed by atoms with van der Waals surface area (Å²) >= 11 is 0.577. The summed E-state index contributed by atoms with van der Waals surface area (Å²) in [4.78, 5) is 0. The molecule has 21 heavy (non-hydrogen) atoms. The molecule has 125 valence electrons. The van der Waals surface area contributed by atoms with Crippen LogP contribution in [0.1, 0.15) is 106 Å². The predicted molar refractivity (Wildman–Crippen MR) is 100 cm³/mol. The summed E-state index contributed by atoms with van der Waals surface area (Å²) in [5.74, 6) is 0.879. The molecule has 1 heteroatoms. The molecule has 0 rings (SSSR count). The Bertz CT molecular complexity index is 234. The molecule has 0 fully saturated rings. The van der Waals surface area contributed by atoms with E-state index in [0.717, 1.165) is 5.92 Å². The molecule has 0 aliphatic carbocycles. The molecule has 0 bridgehead atoms. The van der Waals surface area contributed by atoms with E-state index in [2.05, 4.69) is 48.5 Å². The van der Waals surface area contributed by atoms with Crippen LogP contribution in [0.25, 0.3) is 0 Å². The van der Waals surface area contributed by atoms with E-state index in [9.17, 15) is 0 Å². The van der Waals surface area contributed by atoms with Crippen molar-refractivity contribution < 1.29 is 0 Å². The van der Waals surface area contributed by atoms with E-state index in [-0.39, 0.29) is 0 Å². The second-order valence-electron chi connectivity index (χ2n) is 8.18. The van der Waals surface area contributed by atoms with Gasteiger partial charge in [-0.25, -0.2) is 0 Å². The average molecular weight is 310 g/mol. The summed E-state index contributed by atoms with van der Waals surface area (Å²) in [5.41, 5.74) is 0.539. The van der Waals surface area contributed by atoms with Crippen LogP contribution >= 0.6 is 0 Å². The fourth-order valence-electron chi connectivity index (χ4n) is 3.60. The molecular formula is C20H42Al. The van der Waals surface area contributed by atoms with Gasteiger partial charge in [0.1, 0.15) is 0 Å². The topological polar surface area (TPSA) is 0 Å². The largest absolute Gasteiger partial charge is 0.211 e. The standard InChI is InChI=1S/C16H33.C4H9.Al/c1-6-9-12-15(13-10-7-2)16(4,5)14-11-8-3;1-4(2)3;/h6-14H2,1-5H3;4H,1H2,2-3H3;. The van der Waals surface area contributed by atoms with Crippen LogP contribution in [0.3, 0.4) is 0 Å². The number of hydrogen-bond acceptors (Lipinski definition) is 0. The normalized spacial score (nSPS) is 13.0. The molecule has 0 N–H and O–H groups in total. The lowest BCUT2D eigenvalue weighted by Crippen LogP contribution is -2.37. The SMILES string of the molecule is CCCCC(C)(C)[C](CCCC)(CCCC)[Al][CH2]C(C)C. The van der Waals surface area contributed by atoms with Crippen molar-refractivity contribution >= 4 is 15.2 Å². The van der Waals surface area contributed by atoms with Gasteiger partial charge in [-0.3, -0.25) is 0 Å². The molecule has 0 aromatic carbocycles. The maximum atomic E-state index is 2.60. The molecule has 0 unspecified atom stereocenters. The molecule has 0 aliphatic rings. The molecule has 0 nitrogen and oxygen atoms in total. The Kier molecular flexibility index (Phi) is 11.4. The first-order valence-electron chi connectivity index (χ1n) is 9.69. The predicted octanol–water partition coefficient (Wildman–Crippen LogP) is 7.52. The lowest BCUT2D eigenvalue weighted by atomic mass is 9.69. The van der Waals surface area contributed by atoms with Gasteiger partial charge in [0.2, 0.25) is 15.2 Å². The van der Waals surface area contributed by atoms with Crippen molar-refractivity contribution in [2.75, 3.05) is 0 Å². The van der Waals surface area contributed by atoms with Gasteiger partial charge in [0, 0.05) is 0 Å². The van der Waals surface area contributed by atoms with E-state index in [4.69, 9.17) is 0 Å². The summed E-state index contributed by atoms with van der Waals surface area (Å²) in [6, 6.07) is 0. The Balaban J connectivity index is 5.18. The van der Waals surface area contributed by atoms with E-state index >= 15 is 0 Å². The molecule has 1 radical (unpaired) electrons. The highest BCUT2D eigenvalue weighted by molar-refractivity contribution is 6.40. The highest BCUT2D eigenvalue weighted by atomic mass is 27.1. The Hall–Kier alpha value is 0.532. The summed E-state index contributed by atoms with van der Waals surface area (Å²) in [6.07, 6.45) is 12.8. The van der Waals surface area contributed by atoms with Crippen molar-refractivity contribution in [1.29, 1.82) is 0 Å². The fourth-order valence-corrected chi connectivity index (χ4v) is 6.03. The highest BCUT2D eigenvalue weighted by Crippen LogP contribution is 2.56. The number of rotatable bonds is 13. The van der Waals surface area contributed by atoms with Crippen molar-refractivity contribution in [3.8, 4) is 0 Å². The molecular weight excluding hydrogens is 267 g/mol. The van der Waals surface area contributed by atoms with E-state index in [1.807, 2.05) is 0 Å². The zero-order chi connectivity index (χ0) is 16.4. The van der Waals surface area contributed by atoms with Crippen molar-refractivity contribution in [3.05, 3.63) is 0 Å². The smallest absolute Gasteiger partial charge is 0.101 e. The van der Waals surface area contributed by atoms with Crippen molar-refractivity contribution in [1.82, 2.24) is 0 Å². The van der Waals surface area contributed by atoms with Gasteiger partial charge in [0.15, 0.2) is 0 Å². The van der Waals surface area contributed by atoms with Crippen LogP contribution in [-0.4, -0.2) is 15.2 Å². The molecule has 0 spiro atoms. The Morgan fingerprint density at radius 3 is 1.57 bits per heavy atom. The number of hydrogen-bond donors (Lipinski definition) is 0.